The summed E-state index contributed by atoms with van der Waals surface area (Å²) in [6, 6.07) is 5.89. The van der Waals surface area contributed by atoms with Crippen LogP contribution in [-0.4, -0.2) is 10.0 Å². The van der Waals surface area contributed by atoms with Crippen molar-refractivity contribution in [2.75, 3.05) is 0 Å². The van der Waals surface area contributed by atoms with Crippen LogP contribution in [0, 0.1) is 10.1 Å². The number of rotatable bonds is 4. The van der Waals surface area contributed by atoms with Crippen LogP contribution in [-0.2, 0) is 0 Å². The zero-order valence-corrected chi connectivity index (χ0v) is 8.51. The minimum Gasteiger partial charge on any atom is -0.388 e. The summed E-state index contributed by atoms with van der Waals surface area (Å²) in [5.74, 6) is 0. The summed E-state index contributed by atoms with van der Waals surface area (Å²) < 4.78 is 0. The van der Waals surface area contributed by atoms with Crippen molar-refractivity contribution >= 4 is 5.69 Å². The van der Waals surface area contributed by atoms with Gasteiger partial charge in [0.25, 0.3) is 5.69 Å². The highest BCUT2D eigenvalue weighted by Crippen LogP contribution is 2.22. The Morgan fingerprint density at radius 2 is 2.07 bits per heavy atom. The number of nitrogens with zero attached hydrogens (tertiary/aromatic N) is 1. The Morgan fingerprint density at radius 1 is 1.53 bits per heavy atom. The number of nitro groups is 1. The highest BCUT2D eigenvalue weighted by atomic mass is 16.6. The van der Waals surface area contributed by atoms with Crippen LogP contribution in [0.25, 0.3) is 0 Å². The summed E-state index contributed by atoms with van der Waals surface area (Å²) in [6.07, 6.45) is -0.166. The van der Waals surface area contributed by atoms with E-state index in [1.165, 1.54) is 12.1 Å². The first-order chi connectivity index (χ1) is 7.00. The molecule has 0 unspecified atom stereocenters. The van der Waals surface area contributed by atoms with Crippen molar-refractivity contribution in [1.29, 1.82) is 0 Å². The summed E-state index contributed by atoms with van der Waals surface area (Å²) >= 11 is 0. The van der Waals surface area contributed by atoms with E-state index in [1.54, 1.807) is 12.1 Å². The van der Waals surface area contributed by atoms with E-state index in [0.717, 1.165) is 5.57 Å². The molecule has 4 heteroatoms. The van der Waals surface area contributed by atoms with Gasteiger partial charge in [-0.05, 0) is 31.0 Å². The van der Waals surface area contributed by atoms with Gasteiger partial charge in [0.1, 0.15) is 0 Å². The van der Waals surface area contributed by atoms with Crippen LogP contribution in [0.1, 0.15) is 25.0 Å². The van der Waals surface area contributed by atoms with E-state index in [1.807, 2.05) is 6.92 Å². The fourth-order valence-corrected chi connectivity index (χ4v) is 1.27. The van der Waals surface area contributed by atoms with E-state index in [4.69, 9.17) is 0 Å². The third-order valence-corrected chi connectivity index (χ3v) is 2.03. The molecule has 0 amide bonds. The Balaban J connectivity index is 2.79. The van der Waals surface area contributed by atoms with E-state index in [2.05, 4.69) is 6.58 Å². The van der Waals surface area contributed by atoms with Crippen molar-refractivity contribution < 1.29 is 10.0 Å². The number of nitro benzene ring substituents is 1. The molecule has 0 aliphatic rings. The van der Waals surface area contributed by atoms with Crippen LogP contribution in [0.4, 0.5) is 5.69 Å². The lowest BCUT2D eigenvalue weighted by molar-refractivity contribution is -0.384. The number of benzene rings is 1. The molecule has 0 spiro atoms. The molecule has 1 aromatic carbocycles. The van der Waals surface area contributed by atoms with E-state index < -0.39 is 11.0 Å². The molecule has 1 aromatic rings. The monoisotopic (exact) mass is 207 g/mol. The molecule has 0 heterocycles. The summed E-state index contributed by atoms with van der Waals surface area (Å²) in [4.78, 5) is 9.93. The maximum absolute atomic E-state index is 10.4. The molecule has 0 bridgehead atoms. The number of hydrogen-bond donors (Lipinski definition) is 1. The molecule has 0 radical (unpaired) electrons. The average Bonchev–Trinajstić information content (AvgIpc) is 2.17. The lowest BCUT2D eigenvalue weighted by Crippen LogP contribution is -1.98. The van der Waals surface area contributed by atoms with Gasteiger partial charge in [-0.2, -0.15) is 0 Å². The van der Waals surface area contributed by atoms with Crippen molar-refractivity contribution in [2.24, 2.45) is 0 Å². The first-order valence-electron chi connectivity index (χ1n) is 4.57. The minimum absolute atomic E-state index is 0.0290. The van der Waals surface area contributed by atoms with Crippen molar-refractivity contribution in [3.63, 3.8) is 0 Å². The zero-order valence-electron chi connectivity index (χ0n) is 8.51. The van der Waals surface area contributed by atoms with Crippen molar-refractivity contribution in [2.45, 2.75) is 19.4 Å². The van der Waals surface area contributed by atoms with Gasteiger partial charge in [-0.1, -0.05) is 5.57 Å². The summed E-state index contributed by atoms with van der Waals surface area (Å²) in [7, 11) is 0. The Hall–Kier alpha value is -1.68. The molecule has 0 saturated heterocycles. The molecule has 15 heavy (non-hydrogen) atoms. The normalized spacial score (nSPS) is 12.1. The molecule has 0 fully saturated rings. The number of non-ortho nitro benzene ring substituents is 1. The van der Waals surface area contributed by atoms with Crippen molar-refractivity contribution in [3.8, 4) is 0 Å². The van der Waals surface area contributed by atoms with Gasteiger partial charge < -0.3 is 5.11 Å². The first kappa shape index (κ1) is 11.4. The minimum atomic E-state index is -0.636. The number of aliphatic hydroxyl groups is 1. The smallest absolute Gasteiger partial charge is 0.269 e. The molecule has 0 aliphatic heterocycles. The van der Waals surface area contributed by atoms with E-state index in [-0.39, 0.29) is 5.69 Å². The van der Waals surface area contributed by atoms with E-state index in [9.17, 15) is 15.2 Å². The predicted octanol–water partition coefficient (Wildman–Crippen LogP) is 2.59. The SMILES string of the molecule is C=C(C)C[C@@H](O)c1ccc([N+](=O)[O-])cc1. The molecular formula is C11H13NO3. The third-order valence-electron chi connectivity index (χ3n) is 2.03. The molecule has 1 atom stereocenters. The highest BCUT2D eigenvalue weighted by Gasteiger charge is 2.10. The second-order valence-corrected chi connectivity index (χ2v) is 3.53. The Morgan fingerprint density at radius 3 is 2.47 bits per heavy atom. The maximum atomic E-state index is 10.4. The standard InChI is InChI=1S/C11H13NO3/c1-8(2)7-11(13)9-3-5-10(6-4-9)12(14)15/h3-6,11,13H,1,7H2,2H3/t11-/m1/s1. The quantitative estimate of drug-likeness (QED) is 0.469. The van der Waals surface area contributed by atoms with Gasteiger partial charge in [0.05, 0.1) is 11.0 Å². The van der Waals surface area contributed by atoms with Gasteiger partial charge in [-0.15, -0.1) is 6.58 Å². The highest BCUT2D eigenvalue weighted by molar-refractivity contribution is 5.34. The fraction of sp³-hybridized carbons (Fsp3) is 0.273. The van der Waals surface area contributed by atoms with Crippen LogP contribution < -0.4 is 0 Å². The largest absolute Gasteiger partial charge is 0.388 e. The maximum Gasteiger partial charge on any atom is 0.269 e. The second kappa shape index (κ2) is 4.70. The third kappa shape index (κ3) is 3.18. The van der Waals surface area contributed by atoms with Gasteiger partial charge in [0, 0.05) is 12.1 Å². The zero-order chi connectivity index (χ0) is 11.4. The lowest BCUT2D eigenvalue weighted by atomic mass is 10.0. The van der Waals surface area contributed by atoms with Crippen LogP contribution in [0.2, 0.25) is 0 Å². The number of aliphatic hydroxyl groups excluding tert-OH is 1. The summed E-state index contributed by atoms with van der Waals surface area (Å²) in [5, 5.41) is 20.1. The average molecular weight is 207 g/mol. The molecule has 1 N–H and O–H groups in total. The molecule has 80 valence electrons. The predicted molar refractivity (Wildman–Crippen MR) is 57.5 cm³/mol. The molecule has 1 rings (SSSR count). The molecular weight excluding hydrogens is 194 g/mol. The molecule has 0 aromatic heterocycles. The van der Waals surface area contributed by atoms with Gasteiger partial charge >= 0.3 is 0 Å². The molecule has 4 nitrogen and oxygen atoms in total. The first-order valence-corrected chi connectivity index (χ1v) is 4.57. The molecule has 0 saturated carbocycles. The van der Waals surface area contributed by atoms with E-state index in [0.29, 0.717) is 12.0 Å². The topological polar surface area (TPSA) is 63.4 Å². The Labute approximate surface area is 88.0 Å². The second-order valence-electron chi connectivity index (χ2n) is 3.53. The van der Waals surface area contributed by atoms with Crippen molar-refractivity contribution in [3.05, 3.63) is 52.1 Å². The van der Waals surface area contributed by atoms with Crippen molar-refractivity contribution in [1.82, 2.24) is 0 Å². The Bertz CT molecular complexity index is 370. The Kier molecular flexibility index (Phi) is 3.57. The summed E-state index contributed by atoms with van der Waals surface area (Å²) in [5.41, 5.74) is 1.57. The van der Waals surface area contributed by atoms with Crippen LogP contribution >= 0.6 is 0 Å². The summed E-state index contributed by atoms with van der Waals surface area (Å²) in [6.45, 7) is 5.53. The van der Waals surface area contributed by atoms with Crippen LogP contribution in [0.15, 0.2) is 36.4 Å². The number of hydrogen-bond acceptors (Lipinski definition) is 3. The van der Waals surface area contributed by atoms with Crippen LogP contribution in [0.5, 0.6) is 0 Å². The van der Waals surface area contributed by atoms with Crippen LogP contribution in [0.3, 0.4) is 0 Å². The molecule has 0 aliphatic carbocycles. The fourth-order valence-electron chi connectivity index (χ4n) is 1.27. The van der Waals surface area contributed by atoms with E-state index >= 15 is 0 Å². The van der Waals surface area contributed by atoms with Gasteiger partial charge in [0.15, 0.2) is 0 Å². The van der Waals surface area contributed by atoms with Gasteiger partial charge in [-0.25, -0.2) is 0 Å². The lowest BCUT2D eigenvalue weighted by Gasteiger charge is -2.09. The van der Waals surface area contributed by atoms with Gasteiger partial charge in [0.2, 0.25) is 0 Å². The van der Waals surface area contributed by atoms with Gasteiger partial charge in [-0.3, -0.25) is 10.1 Å².